The molecule has 18 heavy (non-hydrogen) atoms. The third-order valence-electron chi connectivity index (χ3n) is 3.38. The van der Waals surface area contributed by atoms with Crippen molar-refractivity contribution in [1.82, 2.24) is 0 Å². The van der Waals surface area contributed by atoms with Crippen LogP contribution < -0.4 is 4.90 Å². The summed E-state index contributed by atoms with van der Waals surface area (Å²) in [5, 5.41) is 0. The molecule has 0 aliphatic carbocycles. The summed E-state index contributed by atoms with van der Waals surface area (Å²) in [6.45, 7) is 8.74. The molecule has 1 saturated heterocycles. The number of nitrogens with zero attached hydrogens (tertiary/aromatic N) is 1. The maximum absolute atomic E-state index is 11.9. The highest BCUT2D eigenvalue weighted by atomic mass is 32.2. The van der Waals surface area contributed by atoms with Crippen molar-refractivity contribution in [2.45, 2.75) is 39.5 Å². The van der Waals surface area contributed by atoms with E-state index in [2.05, 4.69) is 45.9 Å². The number of carbonyl (C=O) groups excluding carboxylic acids is 1. The van der Waals surface area contributed by atoms with Crippen LogP contribution in [0.4, 0.5) is 5.69 Å². The number of anilines is 1. The number of amides is 1. The first kappa shape index (κ1) is 13.5. The average molecular weight is 263 g/mol. The van der Waals surface area contributed by atoms with Crippen LogP contribution in [-0.2, 0) is 4.79 Å². The van der Waals surface area contributed by atoms with E-state index in [0.717, 1.165) is 11.6 Å². The molecular weight excluding hydrogens is 242 g/mol. The van der Waals surface area contributed by atoms with Crippen LogP contribution in [0.25, 0.3) is 0 Å². The lowest BCUT2D eigenvalue weighted by Gasteiger charge is -2.23. The minimum atomic E-state index is 0.239. The van der Waals surface area contributed by atoms with Gasteiger partial charge in [0, 0.05) is 5.69 Å². The number of benzene rings is 1. The van der Waals surface area contributed by atoms with Gasteiger partial charge in [0.15, 0.2) is 0 Å². The van der Waals surface area contributed by atoms with E-state index in [1.807, 2.05) is 4.90 Å². The SMILES string of the molecule is CC(C)c1ccc(C(C)C)c(N2CSCC2=O)c1. The molecule has 0 aromatic heterocycles. The zero-order chi connectivity index (χ0) is 13.3. The normalized spacial score (nSPS) is 16.1. The molecule has 1 aliphatic heterocycles. The Bertz CT molecular complexity index is 454. The number of hydrogen-bond donors (Lipinski definition) is 0. The van der Waals surface area contributed by atoms with E-state index in [1.54, 1.807) is 11.8 Å². The molecule has 0 spiro atoms. The van der Waals surface area contributed by atoms with Gasteiger partial charge < -0.3 is 4.90 Å². The van der Waals surface area contributed by atoms with Crippen molar-refractivity contribution in [3.63, 3.8) is 0 Å². The van der Waals surface area contributed by atoms with Crippen molar-refractivity contribution in [3.05, 3.63) is 29.3 Å². The van der Waals surface area contributed by atoms with E-state index in [4.69, 9.17) is 0 Å². The van der Waals surface area contributed by atoms with Gasteiger partial charge in [-0.05, 0) is 29.0 Å². The van der Waals surface area contributed by atoms with Crippen LogP contribution in [0.1, 0.15) is 50.7 Å². The third kappa shape index (κ3) is 2.56. The molecule has 1 fully saturated rings. The van der Waals surface area contributed by atoms with Gasteiger partial charge in [-0.15, -0.1) is 11.8 Å². The minimum absolute atomic E-state index is 0.239. The van der Waals surface area contributed by atoms with Crippen molar-refractivity contribution >= 4 is 23.4 Å². The molecule has 0 saturated carbocycles. The summed E-state index contributed by atoms with van der Waals surface area (Å²) in [5.74, 6) is 2.58. The predicted molar refractivity (Wildman–Crippen MR) is 79.4 cm³/mol. The molecule has 0 N–H and O–H groups in total. The van der Waals surface area contributed by atoms with Crippen LogP contribution in [0.5, 0.6) is 0 Å². The number of rotatable bonds is 3. The second-order valence-electron chi connectivity index (χ2n) is 5.43. The predicted octanol–water partition coefficient (Wildman–Crippen LogP) is 3.97. The molecule has 1 amide bonds. The van der Waals surface area contributed by atoms with E-state index in [0.29, 0.717) is 17.6 Å². The first-order chi connectivity index (χ1) is 8.50. The summed E-state index contributed by atoms with van der Waals surface area (Å²) in [5.41, 5.74) is 3.69. The van der Waals surface area contributed by atoms with Gasteiger partial charge in [-0.2, -0.15) is 0 Å². The zero-order valence-corrected chi connectivity index (χ0v) is 12.4. The topological polar surface area (TPSA) is 20.3 Å². The molecule has 2 nitrogen and oxygen atoms in total. The van der Waals surface area contributed by atoms with Crippen molar-refractivity contribution < 1.29 is 4.79 Å². The first-order valence-electron chi connectivity index (χ1n) is 6.52. The lowest BCUT2D eigenvalue weighted by Crippen LogP contribution is -2.26. The highest BCUT2D eigenvalue weighted by molar-refractivity contribution is 8.00. The summed E-state index contributed by atoms with van der Waals surface area (Å²) in [7, 11) is 0. The number of carbonyl (C=O) groups is 1. The fourth-order valence-corrected chi connectivity index (χ4v) is 3.11. The highest BCUT2D eigenvalue weighted by Crippen LogP contribution is 2.34. The quantitative estimate of drug-likeness (QED) is 0.822. The van der Waals surface area contributed by atoms with Gasteiger partial charge in [0.05, 0.1) is 11.6 Å². The Morgan fingerprint density at radius 1 is 1.17 bits per heavy atom. The van der Waals surface area contributed by atoms with Gasteiger partial charge in [0.2, 0.25) is 5.91 Å². The van der Waals surface area contributed by atoms with Gasteiger partial charge >= 0.3 is 0 Å². The van der Waals surface area contributed by atoms with E-state index >= 15 is 0 Å². The Labute approximate surface area is 114 Å². The first-order valence-corrected chi connectivity index (χ1v) is 7.68. The summed E-state index contributed by atoms with van der Waals surface area (Å²) < 4.78 is 0. The fraction of sp³-hybridized carbons (Fsp3) is 0.533. The van der Waals surface area contributed by atoms with E-state index in [9.17, 15) is 4.79 Å². The lowest BCUT2D eigenvalue weighted by molar-refractivity contribution is -0.115. The Balaban J connectivity index is 2.46. The molecule has 1 aromatic carbocycles. The van der Waals surface area contributed by atoms with Gasteiger partial charge in [-0.25, -0.2) is 0 Å². The Morgan fingerprint density at radius 3 is 2.39 bits per heavy atom. The Hall–Kier alpha value is -0.960. The molecular formula is C15H21NOS. The van der Waals surface area contributed by atoms with Crippen molar-refractivity contribution in [2.75, 3.05) is 16.5 Å². The van der Waals surface area contributed by atoms with Crippen molar-refractivity contribution in [2.24, 2.45) is 0 Å². The zero-order valence-electron chi connectivity index (χ0n) is 11.6. The van der Waals surface area contributed by atoms with Crippen LogP contribution in [-0.4, -0.2) is 17.5 Å². The summed E-state index contributed by atoms with van der Waals surface area (Å²) in [4.78, 5) is 13.9. The summed E-state index contributed by atoms with van der Waals surface area (Å²) in [6.07, 6.45) is 0. The second kappa shape index (κ2) is 5.35. The van der Waals surface area contributed by atoms with Crippen LogP contribution in [0.15, 0.2) is 18.2 Å². The lowest BCUT2D eigenvalue weighted by atomic mass is 9.94. The molecule has 2 rings (SSSR count). The standard InChI is InChI=1S/C15H21NOS/c1-10(2)12-5-6-13(11(3)4)14(7-12)16-9-18-8-15(16)17/h5-7,10-11H,8-9H2,1-4H3. The molecule has 0 unspecified atom stereocenters. The van der Waals surface area contributed by atoms with Gasteiger partial charge in [-0.3, -0.25) is 4.79 Å². The van der Waals surface area contributed by atoms with Crippen LogP contribution in [0.2, 0.25) is 0 Å². The molecule has 1 aliphatic rings. The highest BCUT2D eigenvalue weighted by Gasteiger charge is 2.25. The number of hydrogen-bond acceptors (Lipinski definition) is 2. The molecule has 1 heterocycles. The summed E-state index contributed by atoms with van der Waals surface area (Å²) in [6, 6.07) is 6.58. The fourth-order valence-electron chi connectivity index (χ4n) is 2.22. The molecule has 0 bridgehead atoms. The monoisotopic (exact) mass is 263 g/mol. The third-order valence-corrected chi connectivity index (χ3v) is 4.27. The van der Waals surface area contributed by atoms with Gasteiger partial charge in [0.1, 0.15) is 0 Å². The van der Waals surface area contributed by atoms with E-state index in [1.165, 1.54) is 11.1 Å². The smallest absolute Gasteiger partial charge is 0.237 e. The molecule has 0 radical (unpaired) electrons. The molecule has 0 atom stereocenters. The van der Waals surface area contributed by atoms with Crippen molar-refractivity contribution in [3.8, 4) is 0 Å². The average Bonchev–Trinajstić information content (AvgIpc) is 2.74. The second-order valence-corrected chi connectivity index (χ2v) is 6.38. The Morgan fingerprint density at radius 2 is 1.89 bits per heavy atom. The van der Waals surface area contributed by atoms with Crippen LogP contribution >= 0.6 is 11.8 Å². The van der Waals surface area contributed by atoms with E-state index < -0.39 is 0 Å². The maximum atomic E-state index is 11.9. The van der Waals surface area contributed by atoms with Crippen LogP contribution in [0.3, 0.4) is 0 Å². The largest absolute Gasteiger partial charge is 0.302 e. The van der Waals surface area contributed by atoms with Crippen molar-refractivity contribution in [1.29, 1.82) is 0 Å². The molecule has 98 valence electrons. The maximum Gasteiger partial charge on any atom is 0.237 e. The summed E-state index contributed by atoms with van der Waals surface area (Å²) >= 11 is 1.70. The molecule has 1 aromatic rings. The Kier molecular flexibility index (Phi) is 4.00. The van der Waals surface area contributed by atoms with Gasteiger partial charge in [0.25, 0.3) is 0 Å². The van der Waals surface area contributed by atoms with E-state index in [-0.39, 0.29) is 5.91 Å². The molecule has 3 heteroatoms. The van der Waals surface area contributed by atoms with Gasteiger partial charge in [-0.1, -0.05) is 39.8 Å². The number of thioether (sulfide) groups is 1. The van der Waals surface area contributed by atoms with Crippen LogP contribution in [0, 0.1) is 0 Å². The minimum Gasteiger partial charge on any atom is -0.302 e.